The third-order valence-corrected chi connectivity index (χ3v) is 3.59. The lowest BCUT2D eigenvalue weighted by Gasteiger charge is -2.26. The normalized spacial score (nSPS) is 15.7. The molecule has 0 saturated heterocycles. The zero-order valence-corrected chi connectivity index (χ0v) is 9.91. The van der Waals surface area contributed by atoms with Crippen molar-refractivity contribution in [1.82, 2.24) is 5.32 Å². The van der Waals surface area contributed by atoms with Crippen molar-refractivity contribution >= 4 is 11.8 Å². The molecular weight excluding hydrogens is 182 g/mol. The Morgan fingerprint density at radius 2 is 2.08 bits per heavy atom. The lowest BCUT2D eigenvalue weighted by Crippen LogP contribution is -2.43. The Kier molecular flexibility index (Phi) is 7.81. The molecule has 0 spiro atoms. The molecule has 0 aliphatic carbocycles. The molecule has 0 rings (SSSR count). The van der Waals surface area contributed by atoms with Crippen molar-refractivity contribution in [3.63, 3.8) is 0 Å². The first-order chi connectivity index (χ1) is 6.18. The van der Waals surface area contributed by atoms with Crippen LogP contribution in [0.4, 0.5) is 0 Å². The summed E-state index contributed by atoms with van der Waals surface area (Å²) in [6, 6.07) is 0. The highest BCUT2D eigenvalue weighted by Crippen LogP contribution is 2.14. The van der Waals surface area contributed by atoms with Gasteiger partial charge in [0.05, 0.1) is 6.61 Å². The molecule has 0 aromatic rings. The number of rotatable bonds is 8. The van der Waals surface area contributed by atoms with E-state index in [1.807, 2.05) is 18.8 Å². The van der Waals surface area contributed by atoms with Gasteiger partial charge in [-0.15, -0.1) is 0 Å². The summed E-state index contributed by atoms with van der Waals surface area (Å²) in [6.45, 7) is 4.50. The molecule has 0 heterocycles. The summed E-state index contributed by atoms with van der Waals surface area (Å²) in [4.78, 5) is 0. The third-order valence-electron chi connectivity index (χ3n) is 2.32. The van der Waals surface area contributed by atoms with E-state index in [2.05, 4.69) is 19.2 Å². The van der Waals surface area contributed by atoms with E-state index >= 15 is 0 Å². The van der Waals surface area contributed by atoms with Gasteiger partial charge in [0.1, 0.15) is 0 Å². The van der Waals surface area contributed by atoms with Crippen LogP contribution < -0.4 is 5.32 Å². The van der Waals surface area contributed by atoms with Crippen molar-refractivity contribution in [2.75, 3.05) is 25.2 Å². The molecule has 0 aliphatic heterocycles. The molecule has 1 atom stereocenters. The summed E-state index contributed by atoms with van der Waals surface area (Å²) >= 11 is 2.01. The first-order valence-corrected chi connectivity index (χ1v) is 6.21. The molecular formula is C10H23NOS. The molecule has 0 aliphatic rings. The number of hydrogen-bond acceptors (Lipinski definition) is 3. The highest BCUT2D eigenvalue weighted by molar-refractivity contribution is 7.99. The molecule has 0 amide bonds. The van der Waals surface area contributed by atoms with Crippen LogP contribution in [0, 0.1) is 0 Å². The molecule has 1 unspecified atom stereocenters. The smallest absolute Gasteiger partial charge is 0.0610 e. The van der Waals surface area contributed by atoms with Crippen LogP contribution in [-0.4, -0.2) is 35.8 Å². The fourth-order valence-electron chi connectivity index (χ4n) is 1.09. The monoisotopic (exact) mass is 205 g/mol. The van der Waals surface area contributed by atoms with Crippen molar-refractivity contribution in [2.24, 2.45) is 0 Å². The minimum absolute atomic E-state index is 0.0766. The SMILES string of the molecule is CCCSCCCC(C)(CO)NC. The van der Waals surface area contributed by atoms with E-state index in [1.165, 1.54) is 24.3 Å². The largest absolute Gasteiger partial charge is 0.394 e. The molecule has 13 heavy (non-hydrogen) atoms. The zero-order valence-electron chi connectivity index (χ0n) is 9.10. The van der Waals surface area contributed by atoms with Gasteiger partial charge in [-0.05, 0) is 44.7 Å². The van der Waals surface area contributed by atoms with Gasteiger partial charge < -0.3 is 10.4 Å². The highest BCUT2D eigenvalue weighted by atomic mass is 32.2. The molecule has 2 N–H and O–H groups in total. The van der Waals surface area contributed by atoms with Gasteiger partial charge in [-0.3, -0.25) is 0 Å². The maximum absolute atomic E-state index is 9.12. The summed E-state index contributed by atoms with van der Waals surface area (Å²) in [5.74, 6) is 2.47. The average molecular weight is 205 g/mol. The quantitative estimate of drug-likeness (QED) is 0.593. The maximum Gasteiger partial charge on any atom is 0.0610 e. The summed E-state index contributed by atoms with van der Waals surface area (Å²) in [5, 5.41) is 12.3. The second kappa shape index (κ2) is 7.65. The van der Waals surface area contributed by atoms with Crippen molar-refractivity contribution in [3.05, 3.63) is 0 Å². The first kappa shape index (κ1) is 13.3. The lowest BCUT2D eigenvalue weighted by molar-refractivity contribution is 0.173. The second-order valence-corrected chi connectivity index (χ2v) is 4.91. The van der Waals surface area contributed by atoms with E-state index in [0.29, 0.717) is 0 Å². The molecule has 0 saturated carbocycles. The summed E-state index contributed by atoms with van der Waals surface area (Å²) in [5.41, 5.74) is -0.0766. The van der Waals surface area contributed by atoms with Gasteiger partial charge in [0, 0.05) is 5.54 Å². The van der Waals surface area contributed by atoms with Crippen LogP contribution in [0.25, 0.3) is 0 Å². The topological polar surface area (TPSA) is 32.3 Å². The number of hydrogen-bond donors (Lipinski definition) is 2. The minimum atomic E-state index is -0.0766. The molecule has 0 radical (unpaired) electrons. The first-order valence-electron chi connectivity index (χ1n) is 5.06. The van der Waals surface area contributed by atoms with E-state index in [0.717, 1.165) is 6.42 Å². The van der Waals surface area contributed by atoms with Crippen molar-refractivity contribution in [1.29, 1.82) is 0 Å². The maximum atomic E-state index is 9.12. The van der Waals surface area contributed by atoms with Crippen LogP contribution in [0.2, 0.25) is 0 Å². The van der Waals surface area contributed by atoms with Gasteiger partial charge in [-0.2, -0.15) is 11.8 Å². The Bertz CT molecular complexity index is 115. The molecule has 0 aromatic heterocycles. The van der Waals surface area contributed by atoms with Gasteiger partial charge in [-0.1, -0.05) is 6.92 Å². The fourth-order valence-corrected chi connectivity index (χ4v) is 1.94. The number of aliphatic hydroxyl groups excluding tert-OH is 1. The van der Waals surface area contributed by atoms with Crippen LogP contribution in [-0.2, 0) is 0 Å². The molecule has 3 heteroatoms. The molecule has 0 bridgehead atoms. The Labute approximate surface area is 86.5 Å². The van der Waals surface area contributed by atoms with Crippen LogP contribution in [0.15, 0.2) is 0 Å². The molecule has 80 valence electrons. The minimum Gasteiger partial charge on any atom is -0.394 e. The summed E-state index contributed by atoms with van der Waals surface area (Å²) < 4.78 is 0. The lowest BCUT2D eigenvalue weighted by atomic mass is 9.98. The summed E-state index contributed by atoms with van der Waals surface area (Å²) in [6.07, 6.45) is 3.49. The predicted octanol–water partition coefficient (Wildman–Crippen LogP) is 1.88. The zero-order chi connectivity index (χ0) is 10.2. The third kappa shape index (κ3) is 6.36. The van der Waals surface area contributed by atoms with Gasteiger partial charge in [0.25, 0.3) is 0 Å². The van der Waals surface area contributed by atoms with Crippen molar-refractivity contribution < 1.29 is 5.11 Å². The highest BCUT2D eigenvalue weighted by Gasteiger charge is 2.19. The van der Waals surface area contributed by atoms with Crippen LogP contribution >= 0.6 is 11.8 Å². The second-order valence-electron chi connectivity index (χ2n) is 3.68. The van der Waals surface area contributed by atoms with E-state index in [9.17, 15) is 0 Å². The van der Waals surface area contributed by atoms with E-state index in [-0.39, 0.29) is 12.1 Å². The molecule has 0 fully saturated rings. The number of aliphatic hydroxyl groups is 1. The summed E-state index contributed by atoms with van der Waals surface area (Å²) in [7, 11) is 1.91. The number of nitrogens with one attached hydrogen (secondary N) is 1. The van der Waals surface area contributed by atoms with E-state index in [4.69, 9.17) is 5.11 Å². The van der Waals surface area contributed by atoms with Crippen molar-refractivity contribution in [2.45, 2.75) is 38.6 Å². The average Bonchev–Trinajstić information content (AvgIpc) is 2.17. The molecule has 0 aromatic carbocycles. The number of likely N-dealkylation sites (N-methyl/N-ethyl adjacent to an activating group) is 1. The van der Waals surface area contributed by atoms with Gasteiger partial charge in [0.2, 0.25) is 0 Å². The Balaban J connectivity index is 3.39. The van der Waals surface area contributed by atoms with Crippen LogP contribution in [0.1, 0.15) is 33.1 Å². The fraction of sp³-hybridized carbons (Fsp3) is 1.00. The van der Waals surface area contributed by atoms with Gasteiger partial charge >= 0.3 is 0 Å². The van der Waals surface area contributed by atoms with Gasteiger partial charge in [-0.25, -0.2) is 0 Å². The molecule has 2 nitrogen and oxygen atoms in total. The van der Waals surface area contributed by atoms with E-state index in [1.54, 1.807) is 0 Å². The Hall–Kier alpha value is 0.270. The standard InChI is InChI=1S/C10H23NOS/c1-4-7-13-8-5-6-10(2,9-12)11-3/h11-12H,4-9H2,1-3H3. The van der Waals surface area contributed by atoms with Crippen molar-refractivity contribution in [3.8, 4) is 0 Å². The van der Waals surface area contributed by atoms with E-state index < -0.39 is 0 Å². The van der Waals surface area contributed by atoms with Crippen LogP contribution in [0.3, 0.4) is 0 Å². The van der Waals surface area contributed by atoms with Gasteiger partial charge in [0.15, 0.2) is 0 Å². The Morgan fingerprint density at radius 1 is 1.38 bits per heavy atom. The Morgan fingerprint density at radius 3 is 2.54 bits per heavy atom. The number of thioether (sulfide) groups is 1. The van der Waals surface area contributed by atoms with Crippen LogP contribution in [0.5, 0.6) is 0 Å². The predicted molar refractivity (Wildman–Crippen MR) is 61.4 cm³/mol.